The summed E-state index contributed by atoms with van der Waals surface area (Å²) in [6, 6.07) is 17.9. The standard InChI is InChI=1S/C29H29BrN4O5/c1-4-5-11-26-33-23-13-12-20(30)16-22(23)29(36)34(26)31-17-19-14-24(37-2)28(25(15-19)38-3)39-18-27(35)32-21-9-7-6-8-10-21/h6-10,12-17H,4-5,11,18H2,1-3H3,(H,32,35). The highest BCUT2D eigenvalue weighted by molar-refractivity contribution is 9.10. The highest BCUT2D eigenvalue weighted by atomic mass is 79.9. The lowest BCUT2D eigenvalue weighted by molar-refractivity contribution is -0.118. The Labute approximate surface area is 234 Å². The molecule has 3 aromatic carbocycles. The quantitative estimate of drug-likeness (QED) is 0.233. The number of hydrogen-bond donors (Lipinski definition) is 1. The predicted octanol–water partition coefficient (Wildman–Crippen LogP) is 5.42. The topological polar surface area (TPSA) is 104 Å². The van der Waals surface area contributed by atoms with Crippen molar-refractivity contribution in [2.75, 3.05) is 26.1 Å². The van der Waals surface area contributed by atoms with Gasteiger partial charge in [0.2, 0.25) is 5.75 Å². The fourth-order valence-corrected chi connectivity index (χ4v) is 4.27. The Hall–Kier alpha value is -4.18. The van der Waals surface area contributed by atoms with Gasteiger partial charge in [0, 0.05) is 22.1 Å². The highest BCUT2D eigenvalue weighted by Crippen LogP contribution is 2.38. The third kappa shape index (κ3) is 6.83. The molecular formula is C29H29BrN4O5. The van der Waals surface area contributed by atoms with Crippen LogP contribution in [0.5, 0.6) is 17.2 Å². The van der Waals surface area contributed by atoms with E-state index in [-0.39, 0.29) is 23.8 Å². The summed E-state index contributed by atoms with van der Waals surface area (Å²) in [4.78, 5) is 30.4. The van der Waals surface area contributed by atoms with Gasteiger partial charge in [-0.05, 0) is 48.9 Å². The van der Waals surface area contributed by atoms with Crippen molar-refractivity contribution in [1.29, 1.82) is 0 Å². The number of nitrogens with zero attached hydrogens (tertiary/aromatic N) is 3. The van der Waals surface area contributed by atoms with Gasteiger partial charge in [0.15, 0.2) is 18.1 Å². The van der Waals surface area contributed by atoms with Crippen molar-refractivity contribution in [2.24, 2.45) is 5.10 Å². The Bertz CT molecular complexity index is 1530. The summed E-state index contributed by atoms with van der Waals surface area (Å²) in [6.07, 6.45) is 3.98. The van der Waals surface area contributed by atoms with E-state index in [1.54, 1.807) is 36.5 Å². The predicted molar refractivity (Wildman–Crippen MR) is 155 cm³/mol. The Morgan fingerprint density at radius 1 is 1.08 bits per heavy atom. The molecule has 0 aliphatic carbocycles. The lowest BCUT2D eigenvalue weighted by Gasteiger charge is -2.15. The van der Waals surface area contributed by atoms with E-state index in [4.69, 9.17) is 19.2 Å². The van der Waals surface area contributed by atoms with Crippen LogP contribution in [0.15, 0.2) is 75.0 Å². The minimum Gasteiger partial charge on any atom is -0.493 e. The maximum absolute atomic E-state index is 13.3. The number of carbonyl (C=O) groups excluding carboxylic acids is 1. The van der Waals surface area contributed by atoms with E-state index in [1.807, 2.05) is 30.3 Å². The molecule has 0 bridgehead atoms. The van der Waals surface area contributed by atoms with Gasteiger partial charge in [0.1, 0.15) is 5.82 Å². The summed E-state index contributed by atoms with van der Waals surface area (Å²) in [5.41, 5.74) is 1.64. The van der Waals surface area contributed by atoms with Crippen LogP contribution in [-0.2, 0) is 11.2 Å². The van der Waals surface area contributed by atoms with E-state index in [0.717, 1.165) is 17.3 Å². The molecule has 0 fully saturated rings. The van der Waals surface area contributed by atoms with Gasteiger partial charge in [0.25, 0.3) is 11.5 Å². The summed E-state index contributed by atoms with van der Waals surface area (Å²) in [6.45, 7) is 1.83. The van der Waals surface area contributed by atoms with Gasteiger partial charge in [-0.3, -0.25) is 9.59 Å². The van der Waals surface area contributed by atoms with Crippen LogP contribution in [0.1, 0.15) is 31.2 Å². The van der Waals surface area contributed by atoms with Gasteiger partial charge < -0.3 is 19.5 Å². The molecule has 0 radical (unpaired) electrons. The van der Waals surface area contributed by atoms with E-state index in [1.165, 1.54) is 18.9 Å². The first-order chi connectivity index (χ1) is 18.9. The maximum Gasteiger partial charge on any atom is 0.282 e. The minimum absolute atomic E-state index is 0.246. The highest BCUT2D eigenvalue weighted by Gasteiger charge is 2.16. The van der Waals surface area contributed by atoms with Crippen LogP contribution in [0.3, 0.4) is 0 Å². The van der Waals surface area contributed by atoms with Gasteiger partial charge in [-0.1, -0.05) is 47.5 Å². The second kappa shape index (κ2) is 13.1. The molecule has 1 heterocycles. The van der Waals surface area contributed by atoms with E-state index in [0.29, 0.717) is 45.9 Å². The van der Waals surface area contributed by atoms with Gasteiger partial charge in [-0.25, -0.2) is 4.98 Å². The number of carbonyl (C=O) groups is 1. The number of methoxy groups -OCH3 is 2. The van der Waals surface area contributed by atoms with Crippen LogP contribution in [-0.4, -0.2) is 42.6 Å². The van der Waals surface area contributed by atoms with Crippen molar-refractivity contribution < 1.29 is 19.0 Å². The van der Waals surface area contributed by atoms with E-state index < -0.39 is 0 Å². The normalized spacial score (nSPS) is 11.1. The van der Waals surface area contributed by atoms with Crippen molar-refractivity contribution in [3.05, 3.63) is 86.9 Å². The zero-order valence-electron chi connectivity index (χ0n) is 21.9. The molecule has 0 aliphatic heterocycles. The van der Waals surface area contributed by atoms with Crippen molar-refractivity contribution in [3.63, 3.8) is 0 Å². The number of ether oxygens (including phenoxy) is 3. The van der Waals surface area contributed by atoms with Crippen LogP contribution >= 0.6 is 15.9 Å². The molecule has 4 aromatic rings. The summed E-state index contributed by atoms with van der Waals surface area (Å²) in [5, 5.41) is 7.73. The third-order valence-electron chi connectivity index (χ3n) is 5.84. The number of nitrogens with one attached hydrogen (secondary N) is 1. The molecule has 4 rings (SSSR count). The maximum atomic E-state index is 13.3. The summed E-state index contributed by atoms with van der Waals surface area (Å²) in [7, 11) is 2.98. The number of aryl methyl sites for hydroxylation is 1. The molecule has 0 unspecified atom stereocenters. The fraction of sp³-hybridized carbons (Fsp3) is 0.241. The number of unbranched alkanes of at least 4 members (excludes halogenated alkanes) is 1. The molecule has 39 heavy (non-hydrogen) atoms. The molecule has 9 nitrogen and oxygen atoms in total. The Morgan fingerprint density at radius 3 is 2.46 bits per heavy atom. The SMILES string of the molecule is CCCCc1nc2ccc(Br)cc2c(=O)n1N=Cc1cc(OC)c(OCC(=O)Nc2ccccc2)c(OC)c1. The monoisotopic (exact) mass is 592 g/mol. The average Bonchev–Trinajstić information content (AvgIpc) is 2.95. The molecule has 1 aromatic heterocycles. The van der Waals surface area contributed by atoms with E-state index >= 15 is 0 Å². The van der Waals surface area contributed by atoms with Gasteiger partial charge in [-0.2, -0.15) is 9.78 Å². The molecule has 0 aliphatic rings. The van der Waals surface area contributed by atoms with Crippen LogP contribution in [0.2, 0.25) is 0 Å². The van der Waals surface area contributed by atoms with Crippen molar-refractivity contribution >= 4 is 44.6 Å². The van der Waals surface area contributed by atoms with E-state index in [2.05, 4.69) is 33.3 Å². The number of halogens is 1. The van der Waals surface area contributed by atoms with Crippen LogP contribution in [0.25, 0.3) is 10.9 Å². The number of benzene rings is 3. The number of rotatable bonds is 11. The van der Waals surface area contributed by atoms with Crippen molar-refractivity contribution in [3.8, 4) is 17.2 Å². The number of fused-ring (bicyclic) bond motifs is 1. The van der Waals surface area contributed by atoms with E-state index in [9.17, 15) is 9.59 Å². The zero-order valence-corrected chi connectivity index (χ0v) is 23.5. The van der Waals surface area contributed by atoms with Gasteiger partial charge in [0.05, 0.1) is 31.3 Å². The Balaban J connectivity index is 1.63. The largest absolute Gasteiger partial charge is 0.493 e. The first kappa shape index (κ1) is 27.8. The van der Waals surface area contributed by atoms with Gasteiger partial charge in [-0.15, -0.1) is 0 Å². The van der Waals surface area contributed by atoms with Crippen LogP contribution < -0.4 is 25.1 Å². The molecular weight excluding hydrogens is 564 g/mol. The summed E-state index contributed by atoms with van der Waals surface area (Å²) < 4.78 is 18.9. The van der Waals surface area contributed by atoms with Crippen LogP contribution in [0, 0.1) is 0 Å². The number of para-hydroxylation sites is 1. The molecule has 1 N–H and O–H groups in total. The second-order valence-corrected chi connectivity index (χ2v) is 9.53. The molecule has 1 amide bonds. The smallest absolute Gasteiger partial charge is 0.282 e. The third-order valence-corrected chi connectivity index (χ3v) is 6.33. The molecule has 10 heteroatoms. The molecule has 202 valence electrons. The molecule has 0 atom stereocenters. The summed E-state index contributed by atoms with van der Waals surface area (Å²) in [5.74, 6) is 1.23. The van der Waals surface area contributed by atoms with Crippen molar-refractivity contribution in [2.45, 2.75) is 26.2 Å². The molecule has 0 spiro atoms. The first-order valence-corrected chi connectivity index (χ1v) is 13.2. The number of hydrogen-bond acceptors (Lipinski definition) is 7. The fourth-order valence-electron chi connectivity index (χ4n) is 3.91. The average molecular weight is 593 g/mol. The summed E-state index contributed by atoms with van der Waals surface area (Å²) >= 11 is 3.42. The minimum atomic E-state index is -0.328. The van der Waals surface area contributed by atoms with Crippen molar-refractivity contribution in [1.82, 2.24) is 9.66 Å². The first-order valence-electron chi connectivity index (χ1n) is 12.4. The number of amides is 1. The Morgan fingerprint density at radius 2 is 1.79 bits per heavy atom. The molecule has 0 saturated heterocycles. The lowest BCUT2D eigenvalue weighted by Crippen LogP contribution is -2.22. The zero-order chi connectivity index (χ0) is 27.8. The Kier molecular flexibility index (Phi) is 9.32. The molecule has 0 saturated carbocycles. The van der Waals surface area contributed by atoms with Gasteiger partial charge >= 0.3 is 0 Å². The number of aromatic nitrogens is 2. The van der Waals surface area contributed by atoms with Crippen LogP contribution in [0.4, 0.5) is 5.69 Å². The lowest BCUT2D eigenvalue weighted by atomic mass is 10.2. The number of anilines is 1. The second-order valence-electron chi connectivity index (χ2n) is 8.61.